The lowest BCUT2D eigenvalue weighted by atomic mass is 9.85. The van der Waals surface area contributed by atoms with Gasteiger partial charge < -0.3 is 9.52 Å². The van der Waals surface area contributed by atoms with E-state index in [0.29, 0.717) is 17.0 Å². The third-order valence-electron chi connectivity index (χ3n) is 6.60. The Kier molecular flexibility index (Phi) is 5.11. The summed E-state index contributed by atoms with van der Waals surface area (Å²) in [6, 6.07) is 30.2. The second-order valence-corrected chi connectivity index (χ2v) is 10.2. The molecule has 4 nitrogen and oxygen atoms in total. The molecule has 176 valence electrons. The predicted molar refractivity (Wildman–Crippen MR) is 146 cm³/mol. The normalized spacial score (nSPS) is 11.9. The van der Waals surface area contributed by atoms with E-state index in [0.717, 1.165) is 44.2 Å². The van der Waals surface area contributed by atoms with Crippen molar-refractivity contribution in [2.75, 3.05) is 0 Å². The maximum atomic E-state index is 10.4. The lowest BCUT2D eigenvalue weighted by molar-refractivity contribution is 0.474. The molecule has 6 rings (SSSR count). The minimum Gasteiger partial charge on any atom is -0.507 e. The number of nitrogens with zero attached hydrogens (tertiary/aromatic N) is 2. The van der Waals surface area contributed by atoms with E-state index in [-0.39, 0.29) is 11.2 Å². The molecule has 0 saturated heterocycles. The molecule has 36 heavy (non-hydrogen) atoms. The summed E-state index contributed by atoms with van der Waals surface area (Å²) in [7, 11) is 0. The van der Waals surface area contributed by atoms with E-state index >= 15 is 0 Å². The number of oxazole rings is 1. The Labute approximate surface area is 209 Å². The number of phenolic OH excluding ortho intramolecular Hbond substituents is 1. The molecule has 0 unspecified atom stereocenters. The quantitative estimate of drug-likeness (QED) is 0.282. The molecule has 2 heterocycles. The largest absolute Gasteiger partial charge is 0.507 e. The van der Waals surface area contributed by atoms with E-state index in [2.05, 4.69) is 75.4 Å². The van der Waals surface area contributed by atoms with Gasteiger partial charge in [-0.1, -0.05) is 75.4 Å². The summed E-state index contributed by atoms with van der Waals surface area (Å²) >= 11 is 0. The molecule has 0 aliphatic carbocycles. The molecule has 4 aromatic carbocycles. The van der Waals surface area contributed by atoms with Gasteiger partial charge in [0.05, 0.1) is 11.3 Å². The minimum absolute atomic E-state index is 0.0811. The molecule has 0 saturated carbocycles. The smallest absolute Gasteiger partial charge is 0.231 e. The second kappa shape index (κ2) is 8.35. The number of aromatic hydroxyl groups is 1. The van der Waals surface area contributed by atoms with Crippen LogP contribution in [0, 0.1) is 0 Å². The number of para-hydroxylation sites is 1. The molecule has 0 atom stereocenters. The van der Waals surface area contributed by atoms with Crippen molar-refractivity contribution in [2.45, 2.75) is 26.2 Å². The highest BCUT2D eigenvalue weighted by Gasteiger charge is 2.21. The van der Waals surface area contributed by atoms with Gasteiger partial charge in [-0.15, -0.1) is 0 Å². The minimum atomic E-state index is -0.0811. The van der Waals surface area contributed by atoms with Gasteiger partial charge in [-0.3, -0.25) is 4.98 Å². The first kappa shape index (κ1) is 22.1. The Morgan fingerprint density at radius 1 is 0.722 bits per heavy atom. The van der Waals surface area contributed by atoms with Crippen LogP contribution < -0.4 is 0 Å². The van der Waals surface area contributed by atoms with Crippen LogP contribution >= 0.6 is 0 Å². The zero-order chi connectivity index (χ0) is 24.9. The average molecular weight is 471 g/mol. The first-order valence-corrected chi connectivity index (χ1v) is 12.1. The third-order valence-corrected chi connectivity index (χ3v) is 6.60. The fraction of sp³-hybridized carbons (Fsp3) is 0.125. The van der Waals surface area contributed by atoms with Crippen LogP contribution in [0.25, 0.3) is 55.7 Å². The third kappa shape index (κ3) is 3.91. The molecule has 0 amide bonds. The van der Waals surface area contributed by atoms with Crippen LogP contribution in [-0.4, -0.2) is 15.1 Å². The lowest BCUT2D eigenvalue weighted by Gasteiger charge is -2.20. The van der Waals surface area contributed by atoms with Crippen molar-refractivity contribution in [2.24, 2.45) is 0 Å². The van der Waals surface area contributed by atoms with Crippen LogP contribution in [0.3, 0.4) is 0 Å². The summed E-state index contributed by atoms with van der Waals surface area (Å²) in [6.07, 6.45) is 1.92. The zero-order valence-corrected chi connectivity index (χ0v) is 20.5. The van der Waals surface area contributed by atoms with Crippen LogP contribution in [0.2, 0.25) is 0 Å². The monoisotopic (exact) mass is 470 g/mol. The Morgan fingerprint density at radius 2 is 1.47 bits per heavy atom. The summed E-state index contributed by atoms with van der Waals surface area (Å²) in [5.41, 5.74) is 7.11. The molecule has 0 aliphatic rings. The van der Waals surface area contributed by atoms with Crippen molar-refractivity contribution in [3.63, 3.8) is 0 Å². The number of hydrogen-bond donors (Lipinski definition) is 1. The van der Waals surface area contributed by atoms with Crippen LogP contribution in [0.5, 0.6) is 5.75 Å². The van der Waals surface area contributed by atoms with Crippen molar-refractivity contribution in [3.05, 3.63) is 103 Å². The van der Waals surface area contributed by atoms with Crippen molar-refractivity contribution < 1.29 is 9.52 Å². The average Bonchev–Trinajstić information content (AvgIpc) is 3.32. The Bertz CT molecular complexity index is 1740. The van der Waals surface area contributed by atoms with Crippen molar-refractivity contribution in [1.82, 2.24) is 9.97 Å². The first-order valence-electron chi connectivity index (χ1n) is 12.1. The van der Waals surface area contributed by atoms with Crippen LogP contribution in [0.1, 0.15) is 26.3 Å². The number of pyridine rings is 1. The predicted octanol–water partition coefficient (Wildman–Crippen LogP) is 8.38. The second-order valence-electron chi connectivity index (χ2n) is 10.2. The fourth-order valence-corrected chi connectivity index (χ4v) is 4.54. The van der Waals surface area contributed by atoms with Gasteiger partial charge in [-0.05, 0) is 58.3 Å². The molecule has 0 aliphatic heterocycles. The molecule has 0 radical (unpaired) electrons. The Hall–Kier alpha value is -4.44. The SMILES string of the molecule is CC(C)(C)c1cc(-c2cccc(-c3cc4ccccc4cn3)c2)c2nc(-c3ccccc3O)oc2c1. The van der Waals surface area contributed by atoms with E-state index in [1.807, 2.05) is 30.5 Å². The van der Waals surface area contributed by atoms with E-state index < -0.39 is 0 Å². The van der Waals surface area contributed by atoms with Gasteiger partial charge in [0.25, 0.3) is 0 Å². The standard InChI is InChI=1S/C32H26N2O2/c1-32(2,3)24-17-26(30-29(18-24)36-31(34-30)25-13-6-7-14-28(25)35)21-11-8-12-22(15-21)27-16-20-9-4-5-10-23(20)19-33-27/h4-19,35H,1-3H3. The van der Waals surface area contributed by atoms with E-state index in [1.165, 1.54) is 0 Å². The van der Waals surface area contributed by atoms with Gasteiger partial charge in [-0.2, -0.15) is 0 Å². The van der Waals surface area contributed by atoms with Gasteiger partial charge in [0.1, 0.15) is 11.3 Å². The van der Waals surface area contributed by atoms with Gasteiger partial charge in [0, 0.05) is 22.7 Å². The highest BCUT2D eigenvalue weighted by molar-refractivity contribution is 5.94. The molecule has 4 heteroatoms. The summed E-state index contributed by atoms with van der Waals surface area (Å²) in [6.45, 7) is 6.56. The molecular weight excluding hydrogens is 444 g/mol. The van der Waals surface area contributed by atoms with E-state index in [1.54, 1.807) is 12.1 Å². The van der Waals surface area contributed by atoms with Crippen molar-refractivity contribution in [1.29, 1.82) is 0 Å². The zero-order valence-electron chi connectivity index (χ0n) is 20.5. The first-order chi connectivity index (χ1) is 17.4. The highest BCUT2D eigenvalue weighted by Crippen LogP contribution is 2.39. The van der Waals surface area contributed by atoms with Gasteiger partial charge in [0.15, 0.2) is 5.58 Å². The number of aromatic nitrogens is 2. The van der Waals surface area contributed by atoms with Crippen LogP contribution in [-0.2, 0) is 5.41 Å². The number of fused-ring (bicyclic) bond motifs is 2. The Balaban J connectivity index is 1.54. The summed E-state index contributed by atoms with van der Waals surface area (Å²) in [5.74, 6) is 0.550. The topological polar surface area (TPSA) is 59.2 Å². The highest BCUT2D eigenvalue weighted by atomic mass is 16.3. The van der Waals surface area contributed by atoms with Gasteiger partial charge >= 0.3 is 0 Å². The van der Waals surface area contributed by atoms with Crippen LogP contribution in [0.15, 0.2) is 102 Å². The maximum absolute atomic E-state index is 10.4. The lowest BCUT2D eigenvalue weighted by Crippen LogP contribution is -2.11. The van der Waals surface area contributed by atoms with Crippen LogP contribution in [0.4, 0.5) is 0 Å². The number of benzene rings is 4. The number of rotatable bonds is 3. The molecule has 6 aromatic rings. The van der Waals surface area contributed by atoms with Crippen molar-refractivity contribution >= 4 is 21.9 Å². The van der Waals surface area contributed by atoms with Crippen molar-refractivity contribution in [3.8, 4) is 39.6 Å². The molecule has 0 bridgehead atoms. The summed E-state index contributed by atoms with van der Waals surface area (Å²) < 4.78 is 6.21. The maximum Gasteiger partial charge on any atom is 0.231 e. The molecule has 2 aromatic heterocycles. The van der Waals surface area contributed by atoms with E-state index in [9.17, 15) is 5.11 Å². The van der Waals surface area contributed by atoms with E-state index in [4.69, 9.17) is 14.4 Å². The Morgan fingerprint density at radius 3 is 2.28 bits per heavy atom. The molecular formula is C32H26N2O2. The molecule has 0 fully saturated rings. The molecule has 0 spiro atoms. The molecule has 1 N–H and O–H groups in total. The fourth-order valence-electron chi connectivity index (χ4n) is 4.54. The number of phenols is 1. The summed E-state index contributed by atoms with van der Waals surface area (Å²) in [5, 5.41) is 12.7. The number of hydrogen-bond acceptors (Lipinski definition) is 4. The summed E-state index contributed by atoms with van der Waals surface area (Å²) in [4.78, 5) is 9.57. The van der Waals surface area contributed by atoms with Gasteiger partial charge in [0.2, 0.25) is 5.89 Å². The van der Waals surface area contributed by atoms with Gasteiger partial charge in [-0.25, -0.2) is 4.98 Å².